The first-order valence-corrected chi connectivity index (χ1v) is 9.46. The summed E-state index contributed by atoms with van der Waals surface area (Å²) >= 11 is 3.13. The molecule has 0 heterocycles. The summed E-state index contributed by atoms with van der Waals surface area (Å²) in [5.41, 5.74) is -0.274. The van der Waals surface area contributed by atoms with Gasteiger partial charge in [-0.05, 0) is 40.2 Å². The molecule has 138 valence electrons. The van der Waals surface area contributed by atoms with E-state index in [1.165, 1.54) is 30.3 Å². The third-order valence-corrected chi connectivity index (χ3v) is 5.36. The van der Waals surface area contributed by atoms with Crippen LogP contribution in [0.5, 0.6) is 0 Å². The van der Waals surface area contributed by atoms with Crippen LogP contribution in [0.3, 0.4) is 0 Å². The van der Waals surface area contributed by atoms with E-state index in [0.717, 1.165) is 12.1 Å². The van der Waals surface area contributed by atoms with Gasteiger partial charge in [-0.2, -0.15) is 0 Å². The molecule has 0 aliphatic carbocycles. The first-order chi connectivity index (χ1) is 12.2. The van der Waals surface area contributed by atoms with Gasteiger partial charge >= 0.3 is 0 Å². The lowest BCUT2D eigenvalue weighted by atomic mass is 10.2. The highest BCUT2D eigenvalue weighted by molar-refractivity contribution is 9.10. The van der Waals surface area contributed by atoms with Crippen molar-refractivity contribution in [3.8, 4) is 0 Å². The molecule has 0 fully saturated rings. The lowest BCUT2D eigenvalue weighted by molar-refractivity contribution is -0.385. The van der Waals surface area contributed by atoms with E-state index in [0.29, 0.717) is 4.47 Å². The Balaban J connectivity index is 1.94. The summed E-state index contributed by atoms with van der Waals surface area (Å²) in [6, 6.07) is 8.21. The normalized spacial score (nSPS) is 11.2. The maximum absolute atomic E-state index is 13.2. The van der Waals surface area contributed by atoms with Crippen LogP contribution in [-0.2, 0) is 10.0 Å². The number of amides is 1. The zero-order chi connectivity index (χ0) is 19.3. The van der Waals surface area contributed by atoms with Crippen molar-refractivity contribution in [2.24, 2.45) is 0 Å². The lowest BCUT2D eigenvalue weighted by Crippen LogP contribution is -2.34. The SMILES string of the molecule is O=C(NCCNS(=O)(=O)c1cccc([N+](=O)[O-])c1)c1cc(F)ccc1Br. The molecule has 0 saturated carbocycles. The highest BCUT2D eigenvalue weighted by Crippen LogP contribution is 2.18. The molecule has 0 aliphatic rings. The molecule has 0 saturated heterocycles. The molecule has 1 amide bonds. The largest absolute Gasteiger partial charge is 0.351 e. The average molecular weight is 446 g/mol. The van der Waals surface area contributed by atoms with Crippen molar-refractivity contribution >= 4 is 37.5 Å². The molecule has 0 radical (unpaired) electrons. The molecule has 0 atom stereocenters. The Bertz CT molecular complexity index is 952. The van der Waals surface area contributed by atoms with Gasteiger partial charge in [0.1, 0.15) is 5.82 Å². The number of carbonyl (C=O) groups is 1. The Morgan fingerprint density at radius 1 is 1.19 bits per heavy atom. The number of halogens is 2. The molecule has 0 aromatic heterocycles. The second-order valence-electron chi connectivity index (χ2n) is 5.03. The number of sulfonamides is 1. The second-order valence-corrected chi connectivity index (χ2v) is 7.65. The fraction of sp³-hybridized carbons (Fsp3) is 0.133. The van der Waals surface area contributed by atoms with Crippen LogP contribution in [0.25, 0.3) is 0 Å². The molecule has 11 heteroatoms. The Labute approximate surface area is 156 Å². The van der Waals surface area contributed by atoms with Gasteiger partial charge in [0.25, 0.3) is 11.6 Å². The van der Waals surface area contributed by atoms with Crippen LogP contribution in [0.2, 0.25) is 0 Å². The molecule has 26 heavy (non-hydrogen) atoms. The number of hydrogen-bond acceptors (Lipinski definition) is 5. The predicted octanol–water partition coefficient (Wildman–Crippen LogP) is 2.20. The third-order valence-electron chi connectivity index (χ3n) is 3.21. The number of hydrogen-bond donors (Lipinski definition) is 2. The molecule has 0 bridgehead atoms. The fourth-order valence-electron chi connectivity index (χ4n) is 1.98. The van der Waals surface area contributed by atoms with Gasteiger partial charge in [-0.1, -0.05) is 6.07 Å². The minimum atomic E-state index is -3.97. The summed E-state index contributed by atoms with van der Waals surface area (Å²) in [5.74, 6) is -1.16. The van der Waals surface area contributed by atoms with Gasteiger partial charge < -0.3 is 5.32 Å². The van der Waals surface area contributed by atoms with Crippen LogP contribution < -0.4 is 10.0 Å². The number of nitro benzene ring substituents is 1. The van der Waals surface area contributed by atoms with Crippen LogP contribution in [0, 0.1) is 15.9 Å². The summed E-state index contributed by atoms with van der Waals surface area (Å²) in [7, 11) is -3.97. The zero-order valence-corrected chi connectivity index (χ0v) is 15.5. The van der Waals surface area contributed by atoms with E-state index in [2.05, 4.69) is 26.0 Å². The van der Waals surface area contributed by atoms with Crippen molar-refractivity contribution in [1.29, 1.82) is 0 Å². The van der Waals surface area contributed by atoms with E-state index < -0.39 is 26.7 Å². The average Bonchev–Trinajstić information content (AvgIpc) is 2.60. The molecule has 2 N–H and O–H groups in total. The van der Waals surface area contributed by atoms with Crippen molar-refractivity contribution in [2.75, 3.05) is 13.1 Å². The van der Waals surface area contributed by atoms with Gasteiger partial charge in [0.15, 0.2) is 0 Å². The van der Waals surface area contributed by atoms with Crippen LogP contribution in [0.1, 0.15) is 10.4 Å². The van der Waals surface area contributed by atoms with Crippen molar-refractivity contribution in [3.63, 3.8) is 0 Å². The van der Waals surface area contributed by atoms with E-state index in [1.54, 1.807) is 0 Å². The topological polar surface area (TPSA) is 118 Å². The van der Waals surface area contributed by atoms with Gasteiger partial charge in [0.2, 0.25) is 10.0 Å². The second kappa shape index (κ2) is 8.34. The Morgan fingerprint density at radius 2 is 1.92 bits per heavy atom. The summed E-state index contributed by atoms with van der Waals surface area (Å²) in [6.07, 6.45) is 0. The van der Waals surface area contributed by atoms with Gasteiger partial charge in [0.05, 0.1) is 15.4 Å². The standard InChI is InChI=1S/C15H13BrFN3O5S/c16-14-5-4-10(17)8-13(14)15(21)18-6-7-19-26(24,25)12-3-1-2-11(9-12)20(22)23/h1-5,8-9,19H,6-7H2,(H,18,21). The molecule has 0 aliphatic heterocycles. The molecule has 2 aromatic rings. The van der Waals surface area contributed by atoms with Crippen LogP contribution in [-0.4, -0.2) is 32.3 Å². The molecule has 2 rings (SSSR count). The molecule has 2 aromatic carbocycles. The maximum Gasteiger partial charge on any atom is 0.270 e. The third kappa shape index (κ3) is 5.07. The highest BCUT2D eigenvalue weighted by atomic mass is 79.9. The number of non-ortho nitro benzene ring substituents is 1. The number of nitro groups is 1. The minimum Gasteiger partial charge on any atom is -0.351 e. The summed E-state index contributed by atoms with van der Waals surface area (Å²) in [4.78, 5) is 21.7. The van der Waals surface area contributed by atoms with Crippen molar-refractivity contribution in [3.05, 3.63) is 68.4 Å². The number of benzene rings is 2. The molecular weight excluding hydrogens is 433 g/mol. The van der Waals surface area contributed by atoms with Crippen LogP contribution >= 0.6 is 15.9 Å². The predicted molar refractivity (Wildman–Crippen MR) is 94.7 cm³/mol. The lowest BCUT2D eigenvalue weighted by Gasteiger charge is -2.09. The molecule has 0 spiro atoms. The summed E-state index contributed by atoms with van der Waals surface area (Å²) in [5, 5.41) is 13.2. The smallest absolute Gasteiger partial charge is 0.270 e. The van der Waals surface area contributed by atoms with E-state index >= 15 is 0 Å². The number of rotatable bonds is 7. The minimum absolute atomic E-state index is 0.0596. The Morgan fingerprint density at radius 3 is 2.62 bits per heavy atom. The summed E-state index contributed by atoms with van der Waals surface area (Å²) in [6.45, 7) is -0.209. The van der Waals surface area contributed by atoms with Crippen molar-refractivity contribution < 1.29 is 22.5 Å². The monoisotopic (exact) mass is 445 g/mol. The van der Waals surface area contributed by atoms with Crippen molar-refractivity contribution in [2.45, 2.75) is 4.90 Å². The van der Waals surface area contributed by atoms with E-state index in [-0.39, 0.29) is 29.2 Å². The molecule has 8 nitrogen and oxygen atoms in total. The number of nitrogens with zero attached hydrogens (tertiary/aromatic N) is 1. The van der Waals surface area contributed by atoms with Crippen LogP contribution in [0.4, 0.5) is 10.1 Å². The zero-order valence-electron chi connectivity index (χ0n) is 13.1. The van der Waals surface area contributed by atoms with Crippen LogP contribution in [0.15, 0.2) is 51.8 Å². The van der Waals surface area contributed by atoms with Gasteiger partial charge in [-0.15, -0.1) is 0 Å². The number of carbonyl (C=O) groups excluding carboxylic acids is 1. The van der Waals surface area contributed by atoms with Crippen molar-refractivity contribution in [1.82, 2.24) is 10.0 Å². The van der Waals surface area contributed by atoms with Gasteiger partial charge in [-0.25, -0.2) is 17.5 Å². The Kier molecular flexibility index (Phi) is 6.40. The fourth-order valence-corrected chi connectivity index (χ4v) is 3.47. The quantitative estimate of drug-likeness (QED) is 0.384. The summed E-state index contributed by atoms with van der Waals surface area (Å²) < 4.78 is 40.0. The first kappa shape index (κ1) is 19.9. The van der Waals surface area contributed by atoms with E-state index in [4.69, 9.17) is 0 Å². The van der Waals surface area contributed by atoms with Gasteiger partial charge in [-0.3, -0.25) is 14.9 Å². The molecular formula is C15H13BrFN3O5S. The van der Waals surface area contributed by atoms with Gasteiger partial charge in [0, 0.05) is 29.7 Å². The first-order valence-electron chi connectivity index (χ1n) is 7.18. The molecule has 0 unspecified atom stereocenters. The van der Waals surface area contributed by atoms with E-state index in [1.807, 2.05) is 0 Å². The maximum atomic E-state index is 13.2. The highest BCUT2D eigenvalue weighted by Gasteiger charge is 2.17. The number of nitrogens with one attached hydrogen (secondary N) is 2. The van der Waals surface area contributed by atoms with E-state index in [9.17, 15) is 27.7 Å². The Hall–Kier alpha value is -2.37.